The third-order valence-corrected chi connectivity index (χ3v) is 2.04. The van der Waals surface area contributed by atoms with Gasteiger partial charge in [0.25, 0.3) is 0 Å². The Morgan fingerprint density at radius 3 is 2.75 bits per heavy atom. The lowest BCUT2D eigenvalue weighted by Gasteiger charge is -2.35. The van der Waals surface area contributed by atoms with Crippen LogP contribution in [0, 0.1) is 11.3 Å². The van der Waals surface area contributed by atoms with Gasteiger partial charge >= 0.3 is 6.09 Å². The maximum absolute atomic E-state index is 10.9. The first-order valence-corrected chi connectivity index (χ1v) is 4.08. The molecule has 0 atom stereocenters. The Balaban J connectivity index is 2.39. The van der Waals surface area contributed by atoms with E-state index in [2.05, 4.69) is 16.1 Å². The van der Waals surface area contributed by atoms with Crippen molar-refractivity contribution >= 4 is 6.09 Å². The van der Waals surface area contributed by atoms with Crippen molar-refractivity contribution in [3.05, 3.63) is 0 Å². The molecule has 0 saturated heterocycles. The van der Waals surface area contributed by atoms with Crippen molar-refractivity contribution in [2.45, 2.75) is 31.7 Å². The summed E-state index contributed by atoms with van der Waals surface area (Å²) in [5.41, 5.74) is -0.633. The average Bonchev–Trinajstić information content (AvgIpc) is 1.97. The Hall–Kier alpha value is -1.24. The summed E-state index contributed by atoms with van der Waals surface area (Å²) in [6, 6.07) is 2.09. The minimum atomic E-state index is -0.633. The fraction of sp³-hybridized carbons (Fsp3) is 0.750. The van der Waals surface area contributed by atoms with Crippen molar-refractivity contribution in [2.75, 3.05) is 6.61 Å². The third kappa shape index (κ3) is 1.67. The fourth-order valence-corrected chi connectivity index (χ4v) is 1.16. The highest BCUT2D eigenvalue weighted by molar-refractivity contribution is 5.69. The quantitative estimate of drug-likeness (QED) is 0.673. The molecule has 1 saturated carbocycles. The SMILES string of the molecule is CCOC(=O)NC1(C#N)CCC1. The van der Waals surface area contributed by atoms with Gasteiger partial charge in [-0.25, -0.2) is 4.79 Å². The Morgan fingerprint density at radius 2 is 2.42 bits per heavy atom. The van der Waals surface area contributed by atoms with Crippen molar-refractivity contribution in [3.8, 4) is 6.07 Å². The van der Waals surface area contributed by atoms with Gasteiger partial charge in [0.15, 0.2) is 0 Å². The van der Waals surface area contributed by atoms with E-state index in [1.165, 1.54) is 0 Å². The molecule has 66 valence electrons. The van der Waals surface area contributed by atoms with Gasteiger partial charge in [-0.05, 0) is 26.2 Å². The number of carbonyl (C=O) groups is 1. The molecule has 1 rings (SSSR count). The van der Waals surface area contributed by atoms with Crippen LogP contribution in [-0.2, 0) is 4.74 Å². The number of amides is 1. The number of nitrogens with one attached hydrogen (secondary N) is 1. The van der Waals surface area contributed by atoms with E-state index in [0.717, 1.165) is 19.3 Å². The van der Waals surface area contributed by atoms with Crippen LogP contribution >= 0.6 is 0 Å². The molecule has 0 aromatic heterocycles. The van der Waals surface area contributed by atoms with Gasteiger partial charge in [-0.1, -0.05) is 0 Å². The van der Waals surface area contributed by atoms with Gasteiger partial charge < -0.3 is 10.1 Å². The van der Waals surface area contributed by atoms with Gasteiger partial charge in [0.2, 0.25) is 0 Å². The highest BCUT2D eigenvalue weighted by atomic mass is 16.5. The maximum Gasteiger partial charge on any atom is 0.408 e. The topological polar surface area (TPSA) is 62.1 Å². The maximum atomic E-state index is 10.9. The molecule has 0 bridgehead atoms. The van der Waals surface area contributed by atoms with Crippen LogP contribution in [0.5, 0.6) is 0 Å². The summed E-state index contributed by atoms with van der Waals surface area (Å²) >= 11 is 0. The largest absolute Gasteiger partial charge is 0.450 e. The fourth-order valence-electron chi connectivity index (χ4n) is 1.16. The monoisotopic (exact) mass is 168 g/mol. The average molecular weight is 168 g/mol. The zero-order valence-electron chi connectivity index (χ0n) is 7.09. The van der Waals surface area contributed by atoms with Gasteiger partial charge in [-0.3, -0.25) is 0 Å². The predicted molar refractivity (Wildman–Crippen MR) is 42.4 cm³/mol. The van der Waals surface area contributed by atoms with Gasteiger partial charge in [0, 0.05) is 0 Å². The van der Waals surface area contributed by atoms with Crippen molar-refractivity contribution < 1.29 is 9.53 Å². The van der Waals surface area contributed by atoms with Crippen LogP contribution in [0.15, 0.2) is 0 Å². The second kappa shape index (κ2) is 3.44. The molecule has 0 spiro atoms. The van der Waals surface area contributed by atoms with E-state index < -0.39 is 11.6 Å². The molecule has 0 radical (unpaired) electrons. The number of ether oxygens (including phenoxy) is 1. The number of nitrogens with zero attached hydrogens (tertiary/aromatic N) is 1. The summed E-state index contributed by atoms with van der Waals surface area (Å²) in [7, 11) is 0. The number of hydrogen-bond donors (Lipinski definition) is 1. The van der Waals surface area contributed by atoms with E-state index in [9.17, 15) is 4.79 Å². The Morgan fingerprint density at radius 1 is 1.75 bits per heavy atom. The van der Waals surface area contributed by atoms with Crippen molar-refractivity contribution in [1.29, 1.82) is 5.26 Å². The van der Waals surface area contributed by atoms with Crippen LogP contribution in [-0.4, -0.2) is 18.2 Å². The van der Waals surface area contributed by atoms with Crippen LogP contribution in [0.2, 0.25) is 0 Å². The number of carbonyl (C=O) groups excluding carboxylic acids is 1. The van der Waals surface area contributed by atoms with Gasteiger partial charge in [-0.2, -0.15) is 5.26 Å². The normalized spacial score (nSPS) is 18.7. The number of nitriles is 1. The molecule has 0 aliphatic heterocycles. The summed E-state index contributed by atoms with van der Waals surface area (Å²) < 4.78 is 4.67. The minimum absolute atomic E-state index is 0.341. The summed E-state index contributed by atoms with van der Waals surface area (Å²) in [5.74, 6) is 0. The van der Waals surface area contributed by atoms with Crippen LogP contribution < -0.4 is 5.32 Å². The molecular formula is C8H12N2O2. The second-order valence-corrected chi connectivity index (χ2v) is 2.89. The second-order valence-electron chi connectivity index (χ2n) is 2.89. The Bertz CT molecular complexity index is 216. The van der Waals surface area contributed by atoms with Gasteiger partial charge in [0.1, 0.15) is 5.54 Å². The standard InChI is InChI=1S/C8H12N2O2/c1-2-12-7(11)10-8(6-9)4-3-5-8/h2-5H2,1H3,(H,10,11). The molecule has 4 heteroatoms. The predicted octanol–water partition coefficient (Wildman–Crippen LogP) is 1.18. The molecular weight excluding hydrogens is 156 g/mol. The van der Waals surface area contributed by atoms with Gasteiger partial charge in [-0.15, -0.1) is 0 Å². The van der Waals surface area contributed by atoms with Crippen LogP contribution in [0.25, 0.3) is 0 Å². The first-order chi connectivity index (χ1) is 5.72. The molecule has 1 aliphatic carbocycles. The molecule has 12 heavy (non-hydrogen) atoms. The molecule has 0 aromatic carbocycles. The zero-order chi connectivity index (χ0) is 9.03. The zero-order valence-corrected chi connectivity index (χ0v) is 7.09. The van der Waals surface area contributed by atoms with E-state index in [4.69, 9.17) is 5.26 Å². The highest BCUT2D eigenvalue weighted by Crippen LogP contribution is 2.30. The molecule has 1 amide bonds. The summed E-state index contributed by atoms with van der Waals surface area (Å²) in [4.78, 5) is 10.9. The summed E-state index contributed by atoms with van der Waals surface area (Å²) in [6.45, 7) is 2.08. The molecule has 0 aromatic rings. The summed E-state index contributed by atoms with van der Waals surface area (Å²) in [5, 5.41) is 11.3. The minimum Gasteiger partial charge on any atom is -0.450 e. The van der Waals surface area contributed by atoms with Crippen molar-refractivity contribution in [2.24, 2.45) is 0 Å². The molecule has 0 unspecified atom stereocenters. The Labute approximate surface area is 71.5 Å². The van der Waals surface area contributed by atoms with Gasteiger partial charge in [0.05, 0.1) is 12.7 Å². The summed E-state index contributed by atoms with van der Waals surface area (Å²) in [6.07, 6.45) is 1.99. The first kappa shape index (κ1) is 8.85. The van der Waals surface area contributed by atoms with Crippen LogP contribution in [0.1, 0.15) is 26.2 Å². The lowest BCUT2D eigenvalue weighted by Crippen LogP contribution is -2.52. The Kier molecular flexibility index (Phi) is 2.54. The molecule has 1 aliphatic rings. The van der Waals surface area contributed by atoms with Crippen LogP contribution in [0.4, 0.5) is 4.79 Å². The smallest absolute Gasteiger partial charge is 0.408 e. The number of rotatable bonds is 2. The molecule has 0 heterocycles. The third-order valence-electron chi connectivity index (χ3n) is 2.04. The number of hydrogen-bond acceptors (Lipinski definition) is 3. The van der Waals surface area contributed by atoms with E-state index in [1.807, 2.05) is 0 Å². The molecule has 1 fully saturated rings. The van der Waals surface area contributed by atoms with Crippen LogP contribution in [0.3, 0.4) is 0 Å². The lowest BCUT2D eigenvalue weighted by molar-refractivity contribution is 0.131. The molecule has 4 nitrogen and oxygen atoms in total. The van der Waals surface area contributed by atoms with E-state index in [1.54, 1.807) is 6.92 Å². The first-order valence-electron chi connectivity index (χ1n) is 4.08. The van der Waals surface area contributed by atoms with E-state index >= 15 is 0 Å². The van der Waals surface area contributed by atoms with Crippen molar-refractivity contribution in [3.63, 3.8) is 0 Å². The lowest BCUT2D eigenvalue weighted by atomic mass is 9.78. The van der Waals surface area contributed by atoms with E-state index in [0.29, 0.717) is 6.61 Å². The molecule has 1 N–H and O–H groups in total. The van der Waals surface area contributed by atoms with Crippen molar-refractivity contribution in [1.82, 2.24) is 5.32 Å². The highest BCUT2D eigenvalue weighted by Gasteiger charge is 2.38. The number of alkyl carbamates (subject to hydrolysis) is 1. The van der Waals surface area contributed by atoms with E-state index in [-0.39, 0.29) is 0 Å².